The van der Waals surface area contributed by atoms with Crippen molar-refractivity contribution in [3.63, 3.8) is 0 Å². The summed E-state index contributed by atoms with van der Waals surface area (Å²) < 4.78 is 11.5. The number of nitrogens with zero attached hydrogens (tertiary/aromatic N) is 2. The molecule has 1 aliphatic heterocycles. The second-order valence-electron chi connectivity index (χ2n) is 6.45. The SMILES string of the molecule is CC(=O)NC1=NN(C(C)=O)[C@@H](c2ccc(OCCOc3ccccc3C)cc2)S1. The van der Waals surface area contributed by atoms with E-state index in [-0.39, 0.29) is 17.2 Å². The van der Waals surface area contributed by atoms with Crippen LogP contribution in [0.15, 0.2) is 53.6 Å². The van der Waals surface area contributed by atoms with Crippen molar-refractivity contribution in [3.05, 3.63) is 59.7 Å². The van der Waals surface area contributed by atoms with Gasteiger partial charge in [-0.05, 0) is 36.2 Å². The van der Waals surface area contributed by atoms with E-state index in [0.29, 0.717) is 24.1 Å². The number of para-hydroxylation sites is 1. The second kappa shape index (κ2) is 9.47. The van der Waals surface area contributed by atoms with Gasteiger partial charge in [0.1, 0.15) is 30.1 Å². The lowest BCUT2D eigenvalue weighted by atomic mass is 10.2. The number of aryl methyl sites for hydroxylation is 1. The first kappa shape index (κ1) is 20.7. The number of thioether (sulfide) groups is 1. The Bertz CT molecular complexity index is 914. The number of amidine groups is 1. The molecule has 0 fully saturated rings. The zero-order chi connectivity index (χ0) is 20.8. The number of benzene rings is 2. The zero-order valence-electron chi connectivity index (χ0n) is 16.5. The number of hydrogen-bond acceptors (Lipinski definition) is 6. The normalized spacial score (nSPS) is 15.6. The van der Waals surface area contributed by atoms with E-state index in [9.17, 15) is 9.59 Å². The Morgan fingerprint density at radius 3 is 2.41 bits per heavy atom. The molecular formula is C21H23N3O4S. The third-order valence-electron chi connectivity index (χ3n) is 4.12. The van der Waals surface area contributed by atoms with Crippen LogP contribution in [0.5, 0.6) is 11.5 Å². The van der Waals surface area contributed by atoms with Gasteiger partial charge in [-0.15, -0.1) is 5.10 Å². The lowest BCUT2D eigenvalue weighted by molar-refractivity contribution is -0.129. The molecule has 29 heavy (non-hydrogen) atoms. The molecule has 0 radical (unpaired) electrons. The Hall–Kier alpha value is -3.00. The highest BCUT2D eigenvalue weighted by Gasteiger charge is 2.32. The van der Waals surface area contributed by atoms with E-state index in [1.165, 1.54) is 30.6 Å². The van der Waals surface area contributed by atoms with Crippen molar-refractivity contribution in [1.82, 2.24) is 10.3 Å². The van der Waals surface area contributed by atoms with E-state index in [1.807, 2.05) is 55.5 Å². The van der Waals surface area contributed by atoms with Gasteiger partial charge in [0.05, 0.1) is 0 Å². The summed E-state index contributed by atoms with van der Waals surface area (Å²) in [7, 11) is 0. The Morgan fingerprint density at radius 2 is 1.76 bits per heavy atom. The third-order valence-corrected chi connectivity index (χ3v) is 5.22. The number of hydrazone groups is 1. The molecule has 0 saturated heterocycles. The first-order valence-electron chi connectivity index (χ1n) is 9.18. The molecule has 2 aromatic carbocycles. The fourth-order valence-electron chi connectivity index (χ4n) is 2.74. The summed E-state index contributed by atoms with van der Waals surface area (Å²) in [4.78, 5) is 23.2. The summed E-state index contributed by atoms with van der Waals surface area (Å²) in [6.07, 6.45) is 0. The largest absolute Gasteiger partial charge is 0.490 e. The van der Waals surface area contributed by atoms with E-state index >= 15 is 0 Å². The topological polar surface area (TPSA) is 80.2 Å². The van der Waals surface area contributed by atoms with Gasteiger partial charge in [0.15, 0.2) is 5.17 Å². The maximum absolute atomic E-state index is 11.9. The molecule has 7 nitrogen and oxygen atoms in total. The number of nitrogens with one attached hydrogen (secondary N) is 1. The predicted octanol–water partition coefficient (Wildman–Crippen LogP) is 3.45. The highest BCUT2D eigenvalue weighted by molar-refractivity contribution is 8.14. The van der Waals surface area contributed by atoms with Crippen LogP contribution < -0.4 is 14.8 Å². The minimum atomic E-state index is -0.326. The molecule has 1 N–H and O–H groups in total. The van der Waals surface area contributed by atoms with E-state index in [2.05, 4.69) is 10.4 Å². The number of carbonyl (C=O) groups excluding carboxylic acids is 2. The molecular weight excluding hydrogens is 390 g/mol. The summed E-state index contributed by atoms with van der Waals surface area (Å²) in [6.45, 7) is 5.71. The molecule has 0 aliphatic carbocycles. The lowest BCUT2D eigenvalue weighted by Gasteiger charge is -2.19. The van der Waals surface area contributed by atoms with E-state index < -0.39 is 0 Å². The van der Waals surface area contributed by atoms with Crippen LogP contribution in [0.25, 0.3) is 0 Å². The van der Waals surface area contributed by atoms with E-state index in [0.717, 1.165) is 16.9 Å². The van der Waals surface area contributed by atoms with Crippen LogP contribution in [0.1, 0.15) is 30.3 Å². The van der Waals surface area contributed by atoms with Crippen LogP contribution in [0.2, 0.25) is 0 Å². The number of carbonyl (C=O) groups is 2. The van der Waals surface area contributed by atoms with Gasteiger partial charge < -0.3 is 14.8 Å². The fraction of sp³-hybridized carbons (Fsp3) is 0.286. The van der Waals surface area contributed by atoms with Crippen molar-refractivity contribution in [3.8, 4) is 11.5 Å². The second-order valence-corrected chi connectivity index (χ2v) is 7.52. The number of amides is 2. The van der Waals surface area contributed by atoms with Crippen LogP contribution in [0, 0.1) is 6.92 Å². The Balaban J connectivity index is 1.55. The summed E-state index contributed by atoms with van der Waals surface area (Å²) in [5.74, 6) is 1.14. The van der Waals surface area contributed by atoms with Crippen LogP contribution in [0.3, 0.4) is 0 Å². The van der Waals surface area contributed by atoms with Gasteiger partial charge in [0.2, 0.25) is 11.8 Å². The molecule has 1 atom stereocenters. The number of hydrogen-bond donors (Lipinski definition) is 1. The smallest absolute Gasteiger partial charge is 0.241 e. The van der Waals surface area contributed by atoms with Crippen molar-refractivity contribution in [2.45, 2.75) is 26.1 Å². The summed E-state index contributed by atoms with van der Waals surface area (Å²) >= 11 is 1.32. The molecule has 0 spiro atoms. The van der Waals surface area contributed by atoms with E-state index in [1.54, 1.807) is 0 Å². The number of ether oxygens (including phenoxy) is 2. The van der Waals surface area contributed by atoms with Gasteiger partial charge in [-0.2, -0.15) is 0 Å². The first-order valence-corrected chi connectivity index (χ1v) is 10.1. The van der Waals surface area contributed by atoms with Gasteiger partial charge in [-0.1, -0.05) is 42.1 Å². The maximum atomic E-state index is 11.9. The molecule has 3 rings (SSSR count). The van der Waals surface area contributed by atoms with Gasteiger partial charge in [0.25, 0.3) is 0 Å². The molecule has 1 heterocycles. The molecule has 0 saturated carbocycles. The molecule has 0 aromatic heterocycles. The minimum Gasteiger partial charge on any atom is -0.490 e. The van der Waals surface area contributed by atoms with Crippen molar-refractivity contribution in [2.24, 2.45) is 5.10 Å². The highest BCUT2D eigenvalue weighted by atomic mass is 32.2. The monoisotopic (exact) mass is 413 g/mol. The molecule has 0 bridgehead atoms. The molecule has 152 valence electrons. The highest BCUT2D eigenvalue weighted by Crippen LogP contribution is 2.39. The standard InChI is InChI=1S/C21H23N3O4S/c1-14-6-4-5-7-19(14)28-13-12-27-18-10-8-17(9-11-18)20-24(16(3)26)23-21(29-20)22-15(2)25/h4-11,20H,12-13H2,1-3H3,(H,22,23,25)/t20-/m1/s1. The van der Waals surface area contributed by atoms with E-state index in [4.69, 9.17) is 9.47 Å². The quantitative estimate of drug-likeness (QED) is 0.734. The molecule has 8 heteroatoms. The Morgan fingerprint density at radius 1 is 1.07 bits per heavy atom. The summed E-state index contributed by atoms with van der Waals surface area (Å²) in [5, 5.41) is 8.26. The Labute approximate surface area is 174 Å². The van der Waals surface area contributed by atoms with Crippen molar-refractivity contribution < 1.29 is 19.1 Å². The fourth-order valence-corrected chi connectivity index (χ4v) is 3.88. The molecule has 2 amide bonds. The van der Waals surface area contributed by atoms with Crippen LogP contribution >= 0.6 is 11.8 Å². The molecule has 0 unspecified atom stereocenters. The summed E-state index contributed by atoms with van der Waals surface area (Å²) in [5.41, 5.74) is 1.97. The summed E-state index contributed by atoms with van der Waals surface area (Å²) in [6, 6.07) is 15.3. The predicted molar refractivity (Wildman–Crippen MR) is 113 cm³/mol. The first-order chi connectivity index (χ1) is 13.9. The maximum Gasteiger partial charge on any atom is 0.241 e. The van der Waals surface area contributed by atoms with Crippen molar-refractivity contribution >= 4 is 28.7 Å². The van der Waals surface area contributed by atoms with Crippen molar-refractivity contribution in [1.29, 1.82) is 0 Å². The number of rotatable bonds is 6. The van der Waals surface area contributed by atoms with Crippen molar-refractivity contribution in [2.75, 3.05) is 13.2 Å². The third kappa shape index (κ3) is 5.51. The Kier molecular flexibility index (Phi) is 6.77. The van der Waals surface area contributed by atoms with Gasteiger partial charge >= 0.3 is 0 Å². The molecule has 1 aliphatic rings. The van der Waals surface area contributed by atoms with Gasteiger partial charge in [-0.25, -0.2) is 5.01 Å². The lowest BCUT2D eigenvalue weighted by Crippen LogP contribution is -2.25. The average Bonchev–Trinajstić information content (AvgIpc) is 3.10. The van der Waals surface area contributed by atoms with Crippen LogP contribution in [-0.4, -0.2) is 35.2 Å². The molecule has 2 aromatic rings. The van der Waals surface area contributed by atoms with Gasteiger partial charge in [-0.3, -0.25) is 9.59 Å². The van der Waals surface area contributed by atoms with Crippen LogP contribution in [-0.2, 0) is 9.59 Å². The van der Waals surface area contributed by atoms with Crippen LogP contribution in [0.4, 0.5) is 0 Å². The zero-order valence-corrected chi connectivity index (χ0v) is 17.4. The minimum absolute atomic E-state index is 0.198. The average molecular weight is 413 g/mol. The van der Waals surface area contributed by atoms with Gasteiger partial charge in [0, 0.05) is 13.8 Å².